The van der Waals surface area contributed by atoms with Crippen LogP contribution in [0.5, 0.6) is 0 Å². The van der Waals surface area contributed by atoms with Gasteiger partial charge in [0.15, 0.2) is 0 Å². The molecule has 2 rings (SSSR count). The summed E-state index contributed by atoms with van der Waals surface area (Å²) in [5.74, 6) is -0.559. The lowest BCUT2D eigenvalue weighted by molar-refractivity contribution is -0.144. The van der Waals surface area contributed by atoms with Crippen LogP contribution in [0.3, 0.4) is 0 Å². The van der Waals surface area contributed by atoms with Crippen LogP contribution in [-0.4, -0.2) is 26.5 Å². The zero-order valence-corrected chi connectivity index (χ0v) is 10.6. The summed E-state index contributed by atoms with van der Waals surface area (Å²) in [5, 5.41) is 3.07. The summed E-state index contributed by atoms with van der Waals surface area (Å²) in [6, 6.07) is 1.64. The van der Waals surface area contributed by atoms with Crippen LogP contribution < -0.4 is 5.32 Å². The van der Waals surface area contributed by atoms with Crippen molar-refractivity contribution in [3.8, 4) is 11.3 Å². The average molecular weight is 283 g/mol. The van der Waals surface area contributed by atoms with E-state index in [1.807, 2.05) is 6.92 Å². The fourth-order valence-corrected chi connectivity index (χ4v) is 1.47. The third-order valence-corrected chi connectivity index (χ3v) is 2.42. The minimum atomic E-state index is -4.54. The van der Waals surface area contributed by atoms with Gasteiger partial charge in [-0.05, 0) is 6.42 Å². The van der Waals surface area contributed by atoms with Gasteiger partial charge < -0.3 is 5.32 Å². The van der Waals surface area contributed by atoms with Gasteiger partial charge in [-0.3, -0.25) is 0 Å². The molecule has 2 aromatic rings. The second-order valence-electron chi connectivity index (χ2n) is 4.01. The predicted octanol–water partition coefficient (Wildman–Crippen LogP) is 2.77. The molecule has 20 heavy (non-hydrogen) atoms. The Hall–Kier alpha value is -2.25. The summed E-state index contributed by atoms with van der Waals surface area (Å²) in [4.78, 5) is 14.6. The number of anilines is 1. The number of nitrogens with one attached hydrogen (secondary N) is 1. The average Bonchev–Trinajstić information content (AvgIpc) is 2.45. The molecule has 2 heterocycles. The molecule has 0 aliphatic heterocycles. The van der Waals surface area contributed by atoms with Gasteiger partial charge in [-0.2, -0.15) is 13.2 Å². The first-order chi connectivity index (χ1) is 9.50. The maximum atomic E-state index is 12.4. The Balaban J connectivity index is 2.23. The van der Waals surface area contributed by atoms with Gasteiger partial charge in [-0.15, -0.1) is 0 Å². The quantitative estimate of drug-likeness (QED) is 0.934. The zero-order valence-electron chi connectivity index (χ0n) is 10.6. The molecule has 0 unspecified atom stereocenters. The van der Waals surface area contributed by atoms with Crippen LogP contribution in [0.2, 0.25) is 0 Å². The maximum absolute atomic E-state index is 12.4. The van der Waals surface area contributed by atoms with Gasteiger partial charge in [0.05, 0.1) is 5.69 Å². The second kappa shape index (κ2) is 5.81. The molecule has 0 radical (unpaired) electrons. The number of rotatable bonds is 4. The first-order valence-electron chi connectivity index (χ1n) is 5.96. The van der Waals surface area contributed by atoms with Crippen molar-refractivity contribution in [1.82, 2.24) is 19.9 Å². The lowest BCUT2D eigenvalue weighted by atomic mass is 10.2. The standard InChI is InChI=1S/C12H12F3N5/c1-2-3-16-10-4-9(19-7-20-10)8-5-17-11(18-6-8)12(13,14)15/h4-7H,2-3H2,1H3,(H,16,19,20). The molecule has 0 spiro atoms. The third kappa shape index (κ3) is 3.40. The molecular weight excluding hydrogens is 271 g/mol. The van der Waals surface area contributed by atoms with Crippen molar-refractivity contribution in [3.63, 3.8) is 0 Å². The largest absolute Gasteiger partial charge is 0.451 e. The van der Waals surface area contributed by atoms with E-state index >= 15 is 0 Å². The second-order valence-corrected chi connectivity index (χ2v) is 4.01. The van der Waals surface area contributed by atoms with E-state index in [0.29, 0.717) is 17.1 Å². The Morgan fingerprint density at radius 1 is 1.10 bits per heavy atom. The minimum absolute atomic E-state index is 0.403. The Labute approximate surface area is 113 Å². The van der Waals surface area contributed by atoms with Gasteiger partial charge in [0.25, 0.3) is 0 Å². The van der Waals surface area contributed by atoms with Gasteiger partial charge in [0, 0.05) is 30.6 Å². The van der Waals surface area contributed by atoms with Gasteiger partial charge >= 0.3 is 6.18 Å². The first-order valence-corrected chi connectivity index (χ1v) is 5.96. The lowest BCUT2D eigenvalue weighted by Gasteiger charge is -2.07. The lowest BCUT2D eigenvalue weighted by Crippen LogP contribution is -2.10. The molecule has 0 saturated heterocycles. The highest BCUT2D eigenvalue weighted by Crippen LogP contribution is 2.26. The van der Waals surface area contributed by atoms with E-state index in [2.05, 4.69) is 25.3 Å². The fourth-order valence-electron chi connectivity index (χ4n) is 1.47. The molecular formula is C12H12F3N5. The highest BCUT2D eigenvalue weighted by atomic mass is 19.4. The van der Waals surface area contributed by atoms with Crippen LogP contribution in [-0.2, 0) is 6.18 Å². The van der Waals surface area contributed by atoms with Gasteiger partial charge in [-0.1, -0.05) is 6.92 Å². The molecule has 0 aromatic carbocycles. The van der Waals surface area contributed by atoms with Gasteiger partial charge in [0.2, 0.25) is 5.82 Å². The molecule has 0 amide bonds. The summed E-state index contributed by atoms with van der Waals surface area (Å²) >= 11 is 0. The minimum Gasteiger partial charge on any atom is -0.370 e. The Kier molecular flexibility index (Phi) is 4.11. The van der Waals surface area contributed by atoms with Gasteiger partial charge in [0.1, 0.15) is 12.1 Å². The summed E-state index contributed by atoms with van der Waals surface area (Å²) in [5.41, 5.74) is 0.868. The molecule has 0 aliphatic carbocycles. The first kappa shape index (κ1) is 14.2. The van der Waals surface area contributed by atoms with Crippen molar-refractivity contribution in [2.75, 3.05) is 11.9 Å². The number of aromatic nitrogens is 4. The topological polar surface area (TPSA) is 63.6 Å². The summed E-state index contributed by atoms with van der Waals surface area (Å²) in [6.07, 6.45) is -0.0741. The van der Waals surface area contributed by atoms with Crippen molar-refractivity contribution < 1.29 is 13.2 Å². The summed E-state index contributed by atoms with van der Waals surface area (Å²) in [6.45, 7) is 2.76. The number of alkyl halides is 3. The van der Waals surface area contributed by atoms with Crippen LogP contribution in [0.1, 0.15) is 19.2 Å². The zero-order chi connectivity index (χ0) is 14.6. The van der Waals surface area contributed by atoms with E-state index in [1.165, 1.54) is 6.33 Å². The third-order valence-electron chi connectivity index (χ3n) is 2.42. The van der Waals surface area contributed by atoms with E-state index < -0.39 is 12.0 Å². The monoisotopic (exact) mass is 283 g/mol. The van der Waals surface area contributed by atoms with Crippen LogP contribution in [0, 0.1) is 0 Å². The predicted molar refractivity (Wildman–Crippen MR) is 66.8 cm³/mol. The molecule has 0 atom stereocenters. The Morgan fingerprint density at radius 2 is 1.80 bits per heavy atom. The normalized spacial score (nSPS) is 11.4. The molecule has 0 fully saturated rings. The Morgan fingerprint density at radius 3 is 2.40 bits per heavy atom. The van der Waals surface area contributed by atoms with Crippen LogP contribution in [0.4, 0.5) is 19.0 Å². The summed E-state index contributed by atoms with van der Waals surface area (Å²) in [7, 11) is 0. The van der Waals surface area contributed by atoms with E-state index in [4.69, 9.17) is 0 Å². The van der Waals surface area contributed by atoms with Crippen LogP contribution >= 0.6 is 0 Å². The molecule has 0 aliphatic rings. The van der Waals surface area contributed by atoms with Crippen molar-refractivity contribution in [3.05, 3.63) is 30.6 Å². The van der Waals surface area contributed by atoms with E-state index in [0.717, 1.165) is 25.4 Å². The van der Waals surface area contributed by atoms with Crippen molar-refractivity contribution in [2.45, 2.75) is 19.5 Å². The van der Waals surface area contributed by atoms with E-state index in [-0.39, 0.29) is 0 Å². The Bertz CT molecular complexity index is 568. The molecule has 5 nitrogen and oxygen atoms in total. The van der Waals surface area contributed by atoms with Crippen molar-refractivity contribution >= 4 is 5.82 Å². The van der Waals surface area contributed by atoms with Crippen molar-refractivity contribution in [1.29, 1.82) is 0 Å². The fraction of sp³-hybridized carbons (Fsp3) is 0.333. The van der Waals surface area contributed by atoms with Crippen molar-refractivity contribution in [2.24, 2.45) is 0 Å². The SMILES string of the molecule is CCCNc1cc(-c2cnc(C(F)(F)F)nc2)ncn1. The smallest absolute Gasteiger partial charge is 0.370 e. The highest BCUT2D eigenvalue weighted by Gasteiger charge is 2.34. The van der Waals surface area contributed by atoms with E-state index in [9.17, 15) is 13.2 Å². The van der Waals surface area contributed by atoms with E-state index in [1.54, 1.807) is 6.07 Å². The molecule has 0 bridgehead atoms. The molecule has 0 saturated carbocycles. The van der Waals surface area contributed by atoms with Gasteiger partial charge in [-0.25, -0.2) is 19.9 Å². The number of halogens is 3. The van der Waals surface area contributed by atoms with Crippen LogP contribution in [0.15, 0.2) is 24.8 Å². The summed E-state index contributed by atoms with van der Waals surface area (Å²) < 4.78 is 37.1. The molecule has 2 aromatic heterocycles. The maximum Gasteiger partial charge on any atom is 0.451 e. The number of nitrogens with zero attached hydrogens (tertiary/aromatic N) is 4. The number of hydrogen-bond donors (Lipinski definition) is 1. The molecule has 1 N–H and O–H groups in total. The van der Waals surface area contributed by atoms with Crippen LogP contribution in [0.25, 0.3) is 11.3 Å². The molecule has 8 heteroatoms. The highest BCUT2D eigenvalue weighted by molar-refractivity contribution is 5.60. The number of hydrogen-bond acceptors (Lipinski definition) is 5. The molecule has 106 valence electrons.